The first-order valence-electron chi connectivity index (χ1n) is 9.70. The molecule has 1 heterocycles. The van der Waals surface area contributed by atoms with Gasteiger partial charge in [-0.1, -0.05) is 12.1 Å². The van der Waals surface area contributed by atoms with Crippen molar-refractivity contribution < 1.29 is 9.53 Å². The molecule has 0 bridgehead atoms. The van der Waals surface area contributed by atoms with Crippen molar-refractivity contribution in [3.8, 4) is 5.75 Å². The van der Waals surface area contributed by atoms with Crippen LogP contribution in [-0.2, 0) is 24.8 Å². The summed E-state index contributed by atoms with van der Waals surface area (Å²) in [7, 11) is 5.27. The van der Waals surface area contributed by atoms with Gasteiger partial charge in [0, 0.05) is 32.4 Å². The maximum Gasteiger partial charge on any atom is 0.239 e. The van der Waals surface area contributed by atoms with Crippen molar-refractivity contribution >= 4 is 35.8 Å². The molecule has 3 N–H and O–H groups in total. The summed E-state index contributed by atoms with van der Waals surface area (Å²) in [6, 6.07) is 7.75. The number of guanidine groups is 1. The zero-order chi connectivity index (χ0) is 21.4. The summed E-state index contributed by atoms with van der Waals surface area (Å²) in [4.78, 5) is 16.3. The van der Waals surface area contributed by atoms with Crippen LogP contribution in [-0.4, -0.2) is 48.4 Å². The first-order chi connectivity index (χ1) is 13.8. The summed E-state index contributed by atoms with van der Waals surface area (Å²) in [5.41, 5.74) is 4.45. The van der Waals surface area contributed by atoms with Crippen LogP contribution in [0, 0.1) is 13.8 Å². The van der Waals surface area contributed by atoms with Crippen LogP contribution in [0.2, 0.25) is 0 Å². The second-order valence-electron chi connectivity index (χ2n) is 7.07. The van der Waals surface area contributed by atoms with Gasteiger partial charge in [-0.15, -0.1) is 24.0 Å². The molecule has 30 heavy (non-hydrogen) atoms. The smallest absolute Gasteiger partial charge is 0.239 e. The van der Waals surface area contributed by atoms with Gasteiger partial charge in [-0.3, -0.25) is 14.5 Å². The molecule has 0 radical (unpaired) electrons. The van der Waals surface area contributed by atoms with Gasteiger partial charge in [-0.05, 0) is 50.5 Å². The van der Waals surface area contributed by atoms with Gasteiger partial charge >= 0.3 is 0 Å². The van der Waals surface area contributed by atoms with E-state index in [1.165, 1.54) is 5.56 Å². The van der Waals surface area contributed by atoms with Gasteiger partial charge in [-0.25, -0.2) is 0 Å². The molecule has 8 nitrogen and oxygen atoms in total. The standard InChI is InChI=1S/C21H32N6O2.HI/c1-14(11-19-15(2)26-27(5)16(19)3)25-21(22-4)24-13-20(28)23-12-17-7-9-18(29-6)10-8-17;/h7-10,14H,11-13H2,1-6H3,(H,23,28)(H2,22,24,25);1H. The number of nitrogens with one attached hydrogen (secondary N) is 3. The van der Waals surface area contributed by atoms with Gasteiger partial charge in [0.2, 0.25) is 5.91 Å². The van der Waals surface area contributed by atoms with Crippen LogP contribution in [0.1, 0.15) is 29.4 Å². The summed E-state index contributed by atoms with van der Waals surface area (Å²) in [5, 5.41) is 13.7. The predicted octanol–water partition coefficient (Wildman–Crippen LogP) is 2.08. The molecular weight excluding hydrogens is 495 g/mol. The van der Waals surface area contributed by atoms with Gasteiger partial charge in [-0.2, -0.15) is 5.10 Å². The SMILES string of the molecule is CN=C(NCC(=O)NCc1ccc(OC)cc1)NC(C)Cc1c(C)nn(C)c1C.I. The average Bonchev–Trinajstić information content (AvgIpc) is 2.95. The van der Waals surface area contributed by atoms with E-state index in [-0.39, 0.29) is 42.5 Å². The third-order valence-corrected chi connectivity index (χ3v) is 4.84. The molecule has 1 aromatic heterocycles. The number of carbonyl (C=O) groups is 1. The summed E-state index contributed by atoms with van der Waals surface area (Å²) in [6.45, 7) is 6.79. The number of aryl methyl sites for hydroxylation is 2. The molecule has 0 fully saturated rings. The Hall–Kier alpha value is -2.30. The van der Waals surface area contributed by atoms with E-state index in [9.17, 15) is 4.79 Å². The maximum absolute atomic E-state index is 12.1. The number of amides is 1. The largest absolute Gasteiger partial charge is 0.497 e. The fraction of sp³-hybridized carbons (Fsp3) is 0.476. The zero-order valence-electron chi connectivity index (χ0n) is 18.6. The minimum absolute atomic E-state index is 0. The summed E-state index contributed by atoms with van der Waals surface area (Å²) >= 11 is 0. The van der Waals surface area contributed by atoms with Crippen LogP contribution in [0.4, 0.5) is 0 Å². The van der Waals surface area contributed by atoms with Crippen molar-refractivity contribution in [1.29, 1.82) is 0 Å². The monoisotopic (exact) mass is 528 g/mol. The number of benzene rings is 1. The number of aliphatic imine (C=N–C) groups is 1. The first kappa shape index (κ1) is 25.7. The number of rotatable bonds is 8. The highest BCUT2D eigenvalue weighted by Crippen LogP contribution is 2.14. The van der Waals surface area contributed by atoms with Gasteiger partial charge in [0.1, 0.15) is 5.75 Å². The minimum atomic E-state index is -0.102. The lowest BCUT2D eigenvalue weighted by molar-refractivity contribution is -0.120. The second-order valence-corrected chi connectivity index (χ2v) is 7.07. The van der Waals surface area contributed by atoms with Crippen molar-refractivity contribution in [2.24, 2.45) is 12.0 Å². The van der Waals surface area contributed by atoms with E-state index >= 15 is 0 Å². The molecule has 0 aliphatic heterocycles. The Bertz CT molecular complexity index is 848. The molecule has 1 unspecified atom stereocenters. The van der Waals surface area contributed by atoms with Crippen LogP contribution >= 0.6 is 24.0 Å². The van der Waals surface area contributed by atoms with Crippen LogP contribution in [0.15, 0.2) is 29.3 Å². The summed E-state index contributed by atoms with van der Waals surface area (Å²) in [6.07, 6.45) is 0.829. The number of carbonyl (C=O) groups excluding carboxylic acids is 1. The molecule has 0 aliphatic rings. The molecule has 1 atom stereocenters. The molecule has 2 aromatic rings. The van der Waals surface area contributed by atoms with Gasteiger partial charge in [0.05, 0.1) is 19.3 Å². The molecule has 0 saturated carbocycles. The van der Waals surface area contributed by atoms with Gasteiger partial charge < -0.3 is 20.7 Å². The van der Waals surface area contributed by atoms with Crippen molar-refractivity contribution in [2.45, 2.75) is 39.8 Å². The number of methoxy groups -OCH3 is 1. The normalized spacial score (nSPS) is 12.0. The van der Waals surface area contributed by atoms with Crippen molar-refractivity contribution in [1.82, 2.24) is 25.7 Å². The van der Waals surface area contributed by atoms with E-state index in [1.54, 1.807) is 14.2 Å². The molecule has 2 rings (SSSR count). The quantitative estimate of drug-likeness (QED) is 0.277. The van der Waals surface area contributed by atoms with Crippen LogP contribution < -0.4 is 20.7 Å². The number of aromatic nitrogens is 2. The van der Waals surface area contributed by atoms with E-state index in [0.717, 1.165) is 29.1 Å². The van der Waals surface area contributed by atoms with Crippen molar-refractivity contribution in [3.63, 3.8) is 0 Å². The van der Waals surface area contributed by atoms with Crippen LogP contribution in [0.5, 0.6) is 5.75 Å². The highest BCUT2D eigenvalue weighted by Gasteiger charge is 2.14. The predicted molar refractivity (Wildman–Crippen MR) is 131 cm³/mol. The Morgan fingerprint density at radius 2 is 1.90 bits per heavy atom. The van der Waals surface area contributed by atoms with Gasteiger partial charge in [0.15, 0.2) is 5.96 Å². The van der Waals surface area contributed by atoms with Crippen LogP contribution in [0.3, 0.4) is 0 Å². The summed E-state index contributed by atoms with van der Waals surface area (Å²) in [5.74, 6) is 1.29. The highest BCUT2D eigenvalue weighted by atomic mass is 127. The van der Waals surface area contributed by atoms with Crippen LogP contribution in [0.25, 0.3) is 0 Å². The van der Waals surface area contributed by atoms with E-state index in [0.29, 0.717) is 12.5 Å². The fourth-order valence-corrected chi connectivity index (χ4v) is 3.07. The molecule has 0 aliphatic carbocycles. The molecular formula is C21H33IN6O2. The number of hydrogen-bond donors (Lipinski definition) is 3. The average molecular weight is 528 g/mol. The Labute approximate surface area is 195 Å². The molecule has 0 saturated heterocycles. The zero-order valence-corrected chi connectivity index (χ0v) is 20.9. The molecule has 166 valence electrons. The van der Waals surface area contributed by atoms with E-state index < -0.39 is 0 Å². The number of nitrogens with zero attached hydrogens (tertiary/aromatic N) is 3. The highest BCUT2D eigenvalue weighted by molar-refractivity contribution is 14.0. The molecule has 9 heteroatoms. The van der Waals surface area contributed by atoms with E-state index in [2.05, 4.69) is 39.9 Å². The summed E-state index contributed by atoms with van der Waals surface area (Å²) < 4.78 is 7.03. The molecule has 1 amide bonds. The number of ether oxygens (including phenoxy) is 1. The van der Waals surface area contributed by atoms with Crippen molar-refractivity contribution in [2.75, 3.05) is 20.7 Å². The third-order valence-electron chi connectivity index (χ3n) is 4.84. The third kappa shape index (κ3) is 7.51. The molecule has 1 aromatic carbocycles. The van der Waals surface area contributed by atoms with Crippen molar-refractivity contribution in [3.05, 3.63) is 46.8 Å². The Balaban J connectivity index is 0.00000450. The Kier molecular flexibility index (Phi) is 10.6. The van der Waals surface area contributed by atoms with E-state index in [4.69, 9.17) is 4.74 Å². The topological polar surface area (TPSA) is 92.6 Å². The lowest BCUT2D eigenvalue weighted by Crippen LogP contribution is -2.46. The fourth-order valence-electron chi connectivity index (χ4n) is 3.07. The molecule has 0 spiro atoms. The Morgan fingerprint density at radius 1 is 1.23 bits per heavy atom. The van der Waals surface area contributed by atoms with Gasteiger partial charge in [0.25, 0.3) is 0 Å². The lowest BCUT2D eigenvalue weighted by atomic mass is 10.1. The number of halogens is 1. The Morgan fingerprint density at radius 3 is 2.43 bits per heavy atom. The van der Waals surface area contributed by atoms with E-state index in [1.807, 2.05) is 42.9 Å². The number of hydrogen-bond acceptors (Lipinski definition) is 4. The first-order valence-corrected chi connectivity index (χ1v) is 9.70. The maximum atomic E-state index is 12.1. The lowest BCUT2D eigenvalue weighted by Gasteiger charge is -2.18. The second kappa shape index (κ2) is 12.4. The minimum Gasteiger partial charge on any atom is -0.497 e.